The van der Waals surface area contributed by atoms with Crippen molar-refractivity contribution in [1.82, 2.24) is 0 Å². The van der Waals surface area contributed by atoms with Crippen LogP contribution in [0.1, 0.15) is 30.0 Å². The minimum atomic E-state index is -0.499. The Morgan fingerprint density at radius 1 is 1.33 bits per heavy atom. The van der Waals surface area contributed by atoms with Gasteiger partial charge in [-0.3, -0.25) is 0 Å². The molecule has 0 fully saturated rings. The molecule has 1 aromatic carbocycles. The third kappa shape index (κ3) is 2.13. The maximum atomic E-state index is 9.78. The molecule has 0 saturated heterocycles. The molecule has 2 atom stereocenters. The number of hydrogen-bond acceptors (Lipinski definition) is 2. The van der Waals surface area contributed by atoms with Crippen LogP contribution in [-0.4, -0.2) is 11.2 Å². The van der Waals surface area contributed by atoms with Gasteiger partial charge in [-0.25, -0.2) is 0 Å². The highest BCUT2D eigenvalue weighted by molar-refractivity contribution is 6.35. The molecule has 15 heavy (non-hydrogen) atoms. The maximum Gasteiger partial charge on any atom is 0.0733 e. The van der Waals surface area contributed by atoms with Gasteiger partial charge in [0, 0.05) is 10.0 Å². The summed E-state index contributed by atoms with van der Waals surface area (Å²) in [5.74, 6) is 0. The smallest absolute Gasteiger partial charge is 0.0733 e. The zero-order valence-electron chi connectivity index (χ0n) is 8.21. The quantitative estimate of drug-likeness (QED) is 0.691. The number of rotatable bonds is 0. The van der Waals surface area contributed by atoms with Crippen LogP contribution in [0.5, 0.6) is 0 Å². The molecule has 2 rings (SSSR count). The van der Waals surface area contributed by atoms with E-state index in [0.29, 0.717) is 16.5 Å². The summed E-state index contributed by atoms with van der Waals surface area (Å²) in [6, 6.07) is 3.16. The van der Waals surface area contributed by atoms with Gasteiger partial charge in [0.1, 0.15) is 0 Å². The number of fused-ring (bicyclic) bond motifs is 1. The molecule has 1 aliphatic rings. The fourth-order valence-electron chi connectivity index (χ4n) is 2.06. The van der Waals surface area contributed by atoms with Crippen LogP contribution in [0.2, 0.25) is 10.0 Å². The SMILES string of the molecule is N[C@@H]1c2cc(Cl)cc(Cl)c2CCC[C@H]1O. The minimum Gasteiger partial charge on any atom is -0.391 e. The van der Waals surface area contributed by atoms with Gasteiger partial charge in [0.15, 0.2) is 0 Å². The Kier molecular flexibility index (Phi) is 3.21. The monoisotopic (exact) mass is 245 g/mol. The second-order valence-corrected chi connectivity index (χ2v) is 4.78. The fourth-order valence-corrected chi connectivity index (χ4v) is 2.66. The Bertz CT molecular complexity index is 381. The molecule has 3 N–H and O–H groups in total. The largest absolute Gasteiger partial charge is 0.391 e. The van der Waals surface area contributed by atoms with Crippen molar-refractivity contribution in [2.45, 2.75) is 31.4 Å². The number of halogens is 2. The Labute approximate surface area is 99.0 Å². The highest BCUT2D eigenvalue weighted by Crippen LogP contribution is 2.34. The normalized spacial score (nSPS) is 25.9. The average molecular weight is 246 g/mol. The third-order valence-corrected chi connectivity index (χ3v) is 3.45. The van der Waals surface area contributed by atoms with Gasteiger partial charge in [0.05, 0.1) is 12.1 Å². The van der Waals surface area contributed by atoms with Crippen molar-refractivity contribution >= 4 is 23.2 Å². The Morgan fingerprint density at radius 2 is 2.07 bits per heavy atom. The van der Waals surface area contributed by atoms with Crippen LogP contribution in [0.25, 0.3) is 0 Å². The fraction of sp³-hybridized carbons (Fsp3) is 0.455. The molecule has 82 valence electrons. The van der Waals surface area contributed by atoms with Crippen molar-refractivity contribution in [2.24, 2.45) is 5.73 Å². The summed E-state index contributed by atoms with van der Waals surface area (Å²) in [7, 11) is 0. The van der Waals surface area contributed by atoms with Gasteiger partial charge in [-0.05, 0) is 42.5 Å². The van der Waals surface area contributed by atoms with Gasteiger partial charge in [-0.2, -0.15) is 0 Å². The molecule has 4 heteroatoms. The summed E-state index contributed by atoms with van der Waals surface area (Å²) in [5, 5.41) is 11.0. The van der Waals surface area contributed by atoms with Gasteiger partial charge < -0.3 is 10.8 Å². The first-order valence-corrected chi connectivity index (χ1v) is 5.76. The van der Waals surface area contributed by atoms with Gasteiger partial charge in [-0.15, -0.1) is 0 Å². The first-order valence-electron chi connectivity index (χ1n) is 5.01. The molecule has 0 unspecified atom stereocenters. The zero-order valence-corrected chi connectivity index (χ0v) is 9.72. The number of hydrogen-bond donors (Lipinski definition) is 2. The molecule has 1 aromatic rings. The van der Waals surface area contributed by atoms with Gasteiger partial charge >= 0.3 is 0 Å². The van der Waals surface area contributed by atoms with Crippen molar-refractivity contribution in [3.63, 3.8) is 0 Å². The van der Waals surface area contributed by atoms with E-state index in [9.17, 15) is 5.11 Å². The maximum absolute atomic E-state index is 9.78. The standard InChI is InChI=1S/C11H13Cl2NO/c12-6-4-8-7(9(13)5-6)2-1-3-10(15)11(8)14/h4-5,10-11,15H,1-3,14H2/t10-,11-/m1/s1. The van der Waals surface area contributed by atoms with Crippen molar-refractivity contribution in [3.8, 4) is 0 Å². The Morgan fingerprint density at radius 3 is 2.80 bits per heavy atom. The lowest BCUT2D eigenvalue weighted by molar-refractivity contribution is 0.136. The van der Waals surface area contributed by atoms with Crippen molar-refractivity contribution in [3.05, 3.63) is 33.3 Å². The van der Waals surface area contributed by atoms with Gasteiger partial charge in [0.2, 0.25) is 0 Å². The Hall–Kier alpha value is -0.280. The topological polar surface area (TPSA) is 46.2 Å². The molecule has 0 aliphatic heterocycles. The van der Waals surface area contributed by atoms with E-state index < -0.39 is 6.10 Å². The molecule has 0 spiro atoms. The van der Waals surface area contributed by atoms with Crippen molar-refractivity contribution in [1.29, 1.82) is 0 Å². The first-order chi connectivity index (χ1) is 7.09. The molecule has 1 aliphatic carbocycles. The van der Waals surface area contributed by atoms with Gasteiger partial charge in [0.25, 0.3) is 0 Å². The molecule has 2 nitrogen and oxygen atoms in total. The van der Waals surface area contributed by atoms with Crippen LogP contribution >= 0.6 is 23.2 Å². The van der Waals surface area contributed by atoms with Crippen molar-refractivity contribution in [2.75, 3.05) is 0 Å². The van der Waals surface area contributed by atoms with Crippen LogP contribution in [0.3, 0.4) is 0 Å². The van der Waals surface area contributed by atoms with Crippen LogP contribution < -0.4 is 5.73 Å². The van der Waals surface area contributed by atoms with E-state index in [1.165, 1.54) is 0 Å². The minimum absolute atomic E-state index is 0.376. The second-order valence-electron chi connectivity index (χ2n) is 3.94. The third-order valence-electron chi connectivity index (χ3n) is 2.90. The molecule has 0 amide bonds. The van der Waals surface area contributed by atoms with E-state index in [0.717, 1.165) is 24.0 Å². The van der Waals surface area contributed by atoms with Crippen LogP contribution in [0.15, 0.2) is 12.1 Å². The van der Waals surface area contributed by atoms with Crippen LogP contribution in [0.4, 0.5) is 0 Å². The summed E-state index contributed by atoms with van der Waals surface area (Å²) in [4.78, 5) is 0. The van der Waals surface area contributed by atoms with Crippen molar-refractivity contribution < 1.29 is 5.11 Å². The summed E-state index contributed by atoms with van der Waals surface area (Å²) < 4.78 is 0. The molecule has 0 bridgehead atoms. The number of aliphatic hydroxyl groups excluding tert-OH is 1. The molecular formula is C11H13Cl2NO. The van der Waals surface area contributed by atoms with E-state index in [4.69, 9.17) is 28.9 Å². The first kappa shape index (κ1) is 11.2. The highest BCUT2D eigenvalue weighted by Gasteiger charge is 2.24. The predicted octanol–water partition coefficient (Wildman–Crippen LogP) is 2.69. The summed E-state index contributed by atoms with van der Waals surface area (Å²) >= 11 is 12.0. The summed E-state index contributed by atoms with van der Waals surface area (Å²) in [5.41, 5.74) is 7.88. The molecule has 0 radical (unpaired) electrons. The molecular weight excluding hydrogens is 233 g/mol. The van der Waals surface area contributed by atoms with E-state index in [-0.39, 0.29) is 6.04 Å². The highest BCUT2D eigenvalue weighted by atomic mass is 35.5. The molecule has 0 heterocycles. The second kappa shape index (κ2) is 4.30. The Balaban J connectivity index is 2.53. The number of nitrogens with two attached hydrogens (primary N) is 1. The molecule has 0 saturated carbocycles. The van der Waals surface area contributed by atoms with Gasteiger partial charge in [-0.1, -0.05) is 23.2 Å². The average Bonchev–Trinajstić information content (AvgIpc) is 2.30. The van der Waals surface area contributed by atoms with E-state index >= 15 is 0 Å². The van der Waals surface area contributed by atoms with E-state index in [1.54, 1.807) is 6.07 Å². The van der Waals surface area contributed by atoms with E-state index in [2.05, 4.69) is 0 Å². The lowest BCUT2D eigenvalue weighted by Crippen LogP contribution is -2.25. The van der Waals surface area contributed by atoms with Crippen LogP contribution in [-0.2, 0) is 6.42 Å². The molecule has 0 aromatic heterocycles. The lowest BCUT2D eigenvalue weighted by atomic mass is 9.98. The number of benzene rings is 1. The number of aliphatic hydroxyl groups is 1. The predicted molar refractivity (Wildman–Crippen MR) is 62.3 cm³/mol. The lowest BCUT2D eigenvalue weighted by Gasteiger charge is -2.18. The van der Waals surface area contributed by atoms with E-state index in [1.807, 2.05) is 6.07 Å². The zero-order chi connectivity index (χ0) is 11.0. The summed E-state index contributed by atoms with van der Waals surface area (Å²) in [6.07, 6.45) is 1.98. The van der Waals surface area contributed by atoms with Crippen LogP contribution in [0, 0.1) is 0 Å². The summed E-state index contributed by atoms with van der Waals surface area (Å²) in [6.45, 7) is 0.